The summed E-state index contributed by atoms with van der Waals surface area (Å²) in [6.45, 7) is 7.57. The lowest BCUT2D eigenvalue weighted by atomic mass is 9.95. The Labute approximate surface area is 193 Å². The molecule has 1 fully saturated rings. The van der Waals surface area contributed by atoms with Crippen LogP contribution in [0.4, 0.5) is 5.69 Å². The Bertz CT molecular complexity index is 1210. The van der Waals surface area contributed by atoms with E-state index in [-0.39, 0.29) is 17.7 Å². The molecule has 4 heterocycles. The van der Waals surface area contributed by atoms with Crippen molar-refractivity contribution in [1.29, 1.82) is 0 Å². The molecule has 0 aliphatic carbocycles. The van der Waals surface area contributed by atoms with E-state index in [4.69, 9.17) is 0 Å². The lowest BCUT2D eigenvalue weighted by Gasteiger charge is -2.33. The van der Waals surface area contributed by atoms with Crippen molar-refractivity contribution in [2.45, 2.75) is 40.0 Å². The summed E-state index contributed by atoms with van der Waals surface area (Å²) in [4.78, 5) is 38.9. The van der Waals surface area contributed by atoms with Crippen molar-refractivity contribution in [3.63, 3.8) is 0 Å². The number of benzene rings is 1. The molecule has 2 aliphatic heterocycles. The molecule has 8 heteroatoms. The SMILES string of the molecule is Cc1cc(C)nc(-n2nc(C(=O)N3CCC(C(=O)N4CCc5ccccc54)CC3)cc2C)n1. The summed E-state index contributed by atoms with van der Waals surface area (Å²) in [5.41, 5.74) is 5.17. The maximum absolute atomic E-state index is 13.2. The molecule has 2 aliphatic rings. The van der Waals surface area contributed by atoms with Crippen LogP contribution < -0.4 is 4.90 Å². The summed E-state index contributed by atoms with van der Waals surface area (Å²) in [5.74, 6) is 0.486. The summed E-state index contributed by atoms with van der Waals surface area (Å²) in [5, 5.41) is 4.50. The number of hydrogen-bond donors (Lipinski definition) is 0. The topological polar surface area (TPSA) is 84.2 Å². The third-order valence-electron chi connectivity index (χ3n) is 6.55. The molecule has 170 valence electrons. The Morgan fingerprint density at radius 1 is 0.939 bits per heavy atom. The molecule has 3 aromatic rings. The molecule has 1 aromatic carbocycles. The number of nitrogens with zero attached hydrogens (tertiary/aromatic N) is 6. The summed E-state index contributed by atoms with van der Waals surface area (Å²) < 4.78 is 1.62. The van der Waals surface area contributed by atoms with Gasteiger partial charge in [-0.15, -0.1) is 0 Å². The number of likely N-dealkylation sites (tertiary alicyclic amines) is 1. The first-order chi connectivity index (χ1) is 15.9. The van der Waals surface area contributed by atoms with Crippen molar-refractivity contribution in [2.24, 2.45) is 5.92 Å². The van der Waals surface area contributed by atoms with Crippen LogP contribution in [0.2, 0.25) is 0 Å². The average Bonchev–Trinajstić information content (AvgIpc) is 3.41. The summed E-state index contributed by atoms with van der Waals surface area (Å²) in [7, 11) is 0. The first-order valence-electron chi connectivity index (χ1n) is 11.5. The standard InChI is InChI=1S/C25H28N6O2/c1-16-14-17(2)27-25(26-16)31-18(3)15-21(28-31)24(33)29-11-8-20(9-12-29)23(32)30-13-10-19-6-4-5-7-22(19)30/h4-7,14-15,20H,8-13H2,1-3H3. The Kier molecular flexibility index (Phi) is 5.44. The van der Waals surface area contributed by atoms with Gasteiger partial charge < -0.3 is 9.80 Å². The second kappa shape index (κ2) is 8.42. The molecule has 0 bridgehead atoms. The van der Waals surface area contributed by atoms with Gasteiger partial charge in [0.15, 0.2) is 5.69 Å². The molecule has 0 N–H and O–H groups in total. The Balaban J connectivity index is 1.25. The molecular weight excluding hydrogens is 416 g/mol. The lowest BCUT2D eigenvalue weighted by molar-refractivity contribution is -0.123. The minimum absolute atomic E-state index is 0.0526. The number of aryl methyl sites for hydroxylation is 3. The molecule has 5 rings (SSSR count). The largest absolute Gasteiger partial charge is 0.337 e. The Hall–Kier alpha value is -3.55. The number of carbonyl (C=O) groups is 2. The summed E-state index contributed by atoms with van der Waals surface area (Å²) >= 11 is 0. The van der Waals surface area contributed by atoms with Crippen LogP contribution in [-0.4, -0.2) is 56.1 Å². The Morgan fingerprint density at radius 2 is 1.64 bits per heavy atom. The minimum Gasteiger partial charge on any atom is -0.337 e. The molecule has 0 atom stereocenters. The second-order valence-electron chi connectivity index (χ2n) is 8.97. The number of rotatable bonds is 3. The van der Waals surface area contributed by atoms with Gasteiger partial charge >= 0.3 is 0 Å². The van der Waals surface area contributed by atoms with Crippen LogP contribution in [0.15, 0.2) is 36.4 Å². The smallest absolute Gasteiger partial charge is 0.274 e. The summed E-state index contributed by atoms with van der Waals surface area (Å²) in [6.07, 6.45) is 2.25. The second-order valence-corrected chi connectivity index (χ2v) is 8.97. The van der Waals surface area contributed by atoms with Crippen molar-refractivity contribution in [1.82, 2.24) is 24.6 Å². The predicted octanol–water partition coefficient (Wildman–Crippen LogP) is 3.03. The van der Waals surface area contributed by atoms with E-state index in [9.17, 15) is 9.59 Å². The molecule has 0 saturated carbocycles. The van der Waals surface area contributed by atoms with Crippen molar-refractivity contribution in [2.75, 3.05) is 24.5 Å². The Morgan fingerprint density at radius 3 is 2.36 bits per heavy atom. The molecule has 8 nitrogen and oxygen atoms in total. The van der Waals surface area contributed by atoms with Gasteiger partial charge in [0.2, 0.25) is 5.91 Å². The van der Waals surface area contributed by atoms with Crippen LogP contribution in [-0.2, 0) is 11.2 Å². The minimum atomic E-state index is -0.112. The third kappa shape index (κ3) is 4.01. The van der Waals surface area contributed by atoms with E-state index in [0.29, 0.717) is 37.6 Å². The van der Waals surface area contributed by atoms with Gasteiger partial charge in [0, 0.05) is 48.3 Å². The number of aromatic nitrogens is 4. The maximum atomic E-state index is 13.2. The fourth-order valence-electron chi connectivity index (χ4n) is 4.86. The van der Waals surface area contributed by atoms with Crippen molar-refractivity contribution < 1.29 is 9.59 Å². The van der Waals surface area contributed by atoms with Gasteiger partial charge in [0.1, 0.15) is 0 Å². The van der Waals surface area contributed by atoms with E-state index in [2.05, 4.69) is 21.1 Å². The van der Waals surface area contributed by atoms with Crippen LogP contribution in [0.25, 0.3) is 5.95 Å². The fourth-order valence-corrected chi connectivity index (χ4v) is 4.86. The van der Waals surface area contributed by atoms with Crippen LogP contribution >= 0.6 is 0 Å². The van der Waals surface area contributed by atoms with Gasteiger partial charge in [0.05, 0.1) is 0 Å². The zero-order valence-electron chi connectivity index (χ0n) is 19.3. The zero-order valence-corrected chi connectivity index (χ0v) is 19.3. The highest BCUT2D eigenvalue weighted by molar-refractivity contribution is 5.97. The van der Waals surface area contributed by atoms with Crippen LogP contribution in [0.5, 0.6) is 0 Å². The van der Waals surface area contributed by atoms with Crippen molar-refractivity contribution in [3.8, 4) is 5.95 Å². The number of anilines is 1. The number of fused-ring (bicyclic) bond motifs is 1. The highest BCUT2D eigenvalue weighted by Gasteiger charge is 2.34. The molecule has 1 saturated heterocycles. The van der Waals surface area contributed by atoms with Gasteiger partial charge in [-0.1, -0.05) is 18.2 Å². The number of amides is 2. The molecule has 33 heavy (non-hydrogen) atoms. The molecular formula is C25H28N6O2. The lowest BCUT2D eigenvalue weighted by Crippen LogP contribution is -2.44. The summed E-state index contributed by atoms with van der Waals surface area (Å²) in [6, 6.07) is 11.8. The normalized spacial score (nSPS) is 16.2. The molecule has 0 unspecified atom stereocenters. The highest BCUT2D eigenvalue weighted by Crippen LogP contribution is 2.31. The van der Waals surface area contributed by atoms with E-state index in [1.54, 1.807) is 15.6 Å². The highest BCUT2D eigenvalue weighted by atomic mass is 16.2. The molecule has 2 aromatic heterocycles. The quantitative estimate of drug-likeness (QED) is 0.620. The van der Waals surface area contributed by atoms with Gasteiger partial charge in [-0.3, -0.25) is 9.59 Å². The van der Waals surface area contributed by atoms with E-state index in [1.165, 1.54) is 5.56 Å². The van der Waals surface area contributed by atoms with Gasteiger partial charge in [-0.2, -0.15) is 5.10 Å². The van der Waals surface area contributed by atoms with Crippen LogP contribution in [0.3, 0.4) is 0 Å². The van der Waals surface area contributed by atoms with Crippen LogP contribution in [0.1, 0.15) is 46.0 Å². The third-order valence-corrected chi connectivity index (χ3v) is 6.55. The number of piperidine rings is 1. The molecule has 0 spiro atoms. The van der Waals surface area contributed by atoms with Gasteiger partial charge in [0.25, 0.3) is 11.9 Å². The monoisotopic (exact) mass is 444 g/mol. The maximum Gasteiger partial charge on any atom is 0.274 e. The first kappa shape index (κ1) is 21.3. The number of hydrogen-bond acceptors (Lipinski definition) is 5. The van der Waals surface area contributed by atoms with E-state index in [1.807, 2.05) is 49.9 Å². The number of para-hydroxylation sites is 1. The van der Waals surface area contributed by atoms with Gasteiger partial charge in [-0.25, -0.2) is 14.6 Å². The van der Waals surface area contributed by atoms with Crippen molar-refractivity contribution >= 4 is 17.5 Å². The fraction of sp³-hybridized carbons (Fsp3) is 0.400. The van der Waals surface area contributed by atoms with Crippen LogP contribution in [0, 0.1) is 26.7 Å². The van der Waals surface area contributed by atoms with E-state index >= 15 is 0 Å². The number of carbonyl (C=O) groups excluding carboxylic acids is 2. The molecule has 0 radical (unpaired) electrons. The molecule has 2 amide bonds. The first-order valence-corrected chi connectivity index (χ1v) is 11.5. The average molecular weight is 445 g/mol. The van der Waals surface area contributed by atoms with E-state index < -0.39 is 0 Å². The van der Waals surface area contributed by atoms with Gasteiger partial charge in [-0.05, 0) is 63.8 Å². The predicted molar refractivity (Wildman–Crippen MR) is 124 cm³/mol. The van der Waals surface area contributed by atoms with Crippen molar-refractivity contribution in [3.05, 3.63) is 64.7 Å². The van der Waals surface area contributed by atoms with E-state index in [0.717, 1.165) is 35.7 Å². The zero-order chi connectivity index (χ0) is 23.1.